The summed E-state index contributed by atoms with van der Waals surface area (Å²) in [6.07, 6.45) is 7.50. The Hall–Kier alpha value is -1.70. The number of amides is 1. The van der Waals surface area contributed by atoms with Gasteiger partial charge in [-0.05, 0) is 43.9 Å². The fraction of sp³-hybridized carbons (Fsp3) is 0.571. The summed E-state index contributed by atoms with van der Waals surface area (Å²) in [5.41, 5.74) is 3.36. The molecule has 2 aliphatic rings. The molecule has 0 N–H and O–H groups in total. The Morgan fingerprint density at radius 1 is 0.893 bits per heavy atom. The first-order valence-electron chi connectivity index (χ1n) is 10.2. The summed E-state index contributed by atoms with van der Waals surface area (Å²) in [4.78, 5) is 14.2. The molecular formula is C21H31N3O3S. The van der Waals surface area contributed by atoms with Gasteiger partial charge >= 0.3 is 0 Å². The van der Waals surface area contributed by atoms with Crippen LogP contribution >= 0.6 is 0 Å². The van der Waals surface area contributed by atoms with E-state index >= 15 is 0 Å². The number of rotatable bonds is 4. The lowest BCUT2D eigenvalue weighted by Crippen LogP contribution is -2.54. The molecule has 2 fully saturated rings. The lowest BCUT2D eigenvalue weighted by molar-refractivity contribution is -0.127. The number of hydrogen-bond donors (Lipinski definition) is 0. The van der Waals surface area contributed by atoms with Gasteiger partial charge in [-0.2, -0.15) is 17.0 Å². The van der Waals surface area contributed by atoms with Crippen molar-refractivity contribution in [2.75, 3.05) is 39.3 Å². The number of piperazine rings is 1. The van der Waals surface area contributed by atoms with E-state index in [1.54, 1.807) is 15.3 Å². The lowest BCUT2D eigenvalue weighted by Gasteiger charge is -2.36. The SMILES string of the molecule is Cc1ccc(/C=C/C(=O)N2CCN(S(=O)(=O)N3CCCCCC3)CC2)c(C)c1. The summed E-state index contributed by atoms with van der Waals surface area (Å²) in [7, 11) is -3.41. The highest BCUT2D eigenvalue weighted by atomic mass is 32.2. The van der Waals surface area contributed by atoms with Crippen LogP contribution in [0.3, 0.4) is 0 Å². The van der Waals surface area contributed by atoms with Gasteiger partial charge in [0, 0.05) is 45.3 Å². The Bertz CT molecular complexity index is 819. The highest BCUT2D eigenvalue weighted by Crippen LogP contribution is 2.18. The first-order chi connectivity index (χ1) is 13.4. The molecule has 1 aromatic carbocycles. The lowest BCUT2D eigenvalue weighted by atomic mass is 10.1. The number of nitrogens with zero attached hydrogens (tertiary/aromatic N) is 3. The van der Waals surface area contributed by atoms with Crippen LogP contribution in [0.5, 0.6) is 0 Å². The molecule has 0 unspecified atom stereocenters. The third-order valence-corrected chi connectivity index (χ3v) is 7.63. The van der Waals surface area contributed by atoms with Crippen molar-refractivity contribution in [3.8, 4) is 0 Å². The summed E-state index contributed by atoms with van der Waals surface area (Å²) >= 11 is 0. The van der Waals surface area contributed by atoms with Crippen LogP contribution in [-0.4, -0.2) is 67.1 Å². The van der Waals surface area contributed by atoms with E-state index in [9.17, 15) is 13.2 Å². The largest absolute Gasteiger partial charge is 0.337 e. The van der Waals surface area contributed by atoms with Crippen molar-refractivity contribution in [1.82, 2.24) is 13.5 Å². The summed E-state index contributed by atoms with van der Waals surface area (Å²) < 4.78 is 28.9. The molecule has 0 aromatic heterocycles. The zero-order valence-corrected chi connectivity index (χ0v) is 17.7. The zero-order chi connectivity index (χ0) is 20.1. The molecule has 2 heterocycles. The maximum absolute atomic E-state index is 12.9. The van der Waals surface area contributed by atoms with E-state index in [1.165, 1.54) is 9.87 Å². The Balaban J connectivity index is 1.57. The summed E-state index contributed by atoms with van der Waals surface area (Å²) in [6, 6.07) is 6.14. The van der Waals surface area contributed by atoms with Gasteiger partial charge in [0.1, 0.15) is 0 Å². The third-order valence-electron chi connectivity index (χ3n) is 5.60. The fourth-order valence-corrected chi connectivity index (χ4v) is 5.52. The average molecular weight is 406 g/mol. The van der Waals surface area contributed by atoms with Gasteiger partial charge < -0.3 is 4.90 Å². The standard InChI is InChI=1S/C21H31N3O3S/c1-18-7-8-20(19(2)17-18)9-10-21(25)22-13-15-24(16-14-22)28(26,27)23-11-5-3-4-6-12-23/h7-10,17H,3-6,11-16H2,1-2H3/b10-9+. The van der Waals surface area contributed by atoms with Gasteiger partial charge in [-0.1, -0.05) is 36.6 Å². The van der Waals surface area contributed by atoms with Crippen LogP contribution in [0, 0.1) is 13.8 Å². The van der Waals surface area contributed by atoms with Crippen LogP contribution in [0.15, 0.2) is 24.3 Å². The number of aryl methyl sites for hydroxylation is 2. The minimum atomic E-state index is -3.41. The Kier molecular flexibility index (Phi) is 6.91. The minimum Gasteiger partial charge on any atom is -0.337 e. The molecule has 0 atom stereocenters. The normalized spacial score (nSPS) is 20.4. The van der Waals surface area contributed by atoms with Crippen LogP contribution < -0.4 is 0 Å². The molecule has 1 aromatic rings. The molecule has 2 saturated heterocycles. The second kappa shape index (κ2) is 9.20. The number of benzene rings is 1. The predicted molar refractivity (Wildman–Crippen MR) is 112 cm³/mol. The first-order valence-corrected chi connectivity index (χ1v) is 11.6. The van der Waals surface area contributed by atoms with Crippen molar-refractivity contribution in [2.24, 2.45) is 0 Å². The number of hydrogen-bond acceptors (Lipinski definition) is 3. The van der Waals surface area contributed by atoms with Gasteiger partial charge in [-0.15, -0.1) is 0 Å². The highest BCUT2D eigenvalue weighted by molar-refractivity contribution is 7.86. The minimum absolute atomic E-state index is 0.0632. The second-order valence-electron chi connectivity index (χ2n) is 7.74. The van der Waals surface area contributed by atoms with Gasteiger partial charge in [0.25, 0.3) is 10.2 Å². The van der Waals surface area contributed by atoms with E-state index in [0.29, 0.717) is 39.3 Å². The van der Waals surface area contributed by atoms with Gasteiger partial charge in [-0.25, -0.2) is 0 Å². The first kappa shape index (κ1) is 21.0. The van der Waals surface area contributed by atoms with Crippen LogP contribution in [0.4, 0.5) is 0 Å². The summed E-state index contributed by atoms with van der Waals surface area (Å²) in [5, 5.41) is 0. The maximum Gasteiger partial charge on any atom is 0.282 e. The van der Waals surface area contributed by atoms with Crippen molar-refractivity contribution in [1.29, 1.82) is 0 Å². The van der Waals surface area contributed by atoms with E-state index in [-0.39, 0.29) is 5.91 Å². The van der Waals surface area contributed by atoms with E-state index in [1.807, 2.05) is 32.1 Å². The Morgan fingerprint density at radius 3 is 2.11 bits per heavy atom. The van der Waals surface area contributed by atoms with Crippen LogP contribution in [0.2, 0.25) is 0 Å². The topological polar surface area (TPSA) is 60.9 Å². The predicted octanol–water partition coefficient (Wildman–Crippen LogP) is 2.58. The molecule has 7 heteroatoms. The molecule has 1 amide bonds. The van der Waals surface area contributed by atoms with Crippen molar-refractivity contribution in [3.63, 3.8) is 0 Å². The second-order valence-corrected chi connectivity index (χ2v) is 9.67. The molecule has 2 aliphatic heterocycles. The van der Waals surface area contributed by atoms with Crippen molar-refractivity contribution in [2.45, 2.75) is 39.5 Å². The van der Waals surface area contributed by atoms with Gasteiger partial charge in [0.15, 0.2) is 0 Å². The molecular weight excluding hydrogens is 374 g/mol. The molecule has 0 bridgehead atoms. The Morgan fingerprint density at radius 2 is 1.50 bits per heavy atom. The molecule has 0 aliphatic carbocycles. The van der Waals surface area contributed by atoms with Crippen LogP contribution in [-0.2, 0) is 15.0 Å². The molecule has 3 rings (SSSR count). The van der Waals surface area contributed by atoms with Gasteiger partial charge in [0.2, 0.25) is 5.91 Å². The molecule has 0 spiro atoms. The summed E-state index contributed by atoms with van der Waals surface area (Å²) in [6.45, 7) is 6.89. The maximum atomic E-state index is 12.9. The zero-order valence-electron chi connectivity index (χ0n) is 16.9. The third kappa shape index (κ3) is 5.01. The fourth-order valence-electron chi connectivity index (χ4n) is 3.85. The monoisotopic (exact) mass is 405 g/mol. The molecule has 0 saturated carbocycles. The van der Waals surface area contributed by atoms with E-state index in [0.717, 1.165) is 36.8 Å². The molecule has 28 heavy (non-hydrogen) atoms. The average Bonchev–Trinajstić information content (AvgIpc) is 2.97. The van der Waals surface area contributed by atoms with Gasteiger partial charge in [0.05, 0.1) is 0 Å². The van der Waals surface area contributed by atoms with Crippen molar-refractivity contribution >= 4 is 22.2 Å². The molecule has 0 radical (unpaired) electrons. The van der Waals surface area contributed by atoms with Crippen LogP contribution in [0.1, 0.15) is 42.4 Å². The number of carbonyl (C=O) groups is 1. The van der Waals surface area contributed by atoms with Gasteiger partial charge in [-0.3, -0.25) is 4.79 Å². The van der Waals surface area contributed by atoms with E-state index in [4.69, 9.17) is 0 Å². The summed E-state index contributed by atoms with van der Waals surface area (Å²) in [5.74, 6) is -0.0632. The van der Waals surface area contributed by atoms with Crippen LogP contribution in [0.25, 0.3) is 6.08 Å². The highest BCUT2D eigenvalue weighted by Gasteiger charge is 2.33. The van der Waals surface area contributed by atoms with E-state index in [2.05, 4.69) is 6.07 Å². The molecule has 154 valence electrons. The van der Waals surface area contributed by atoms with Crippen molar-refractivity contribution in [3.05, 3.63) is 41.0 Å². The van der Waals surface area contributed by atoms with E-state index < -0.39 is 10.2 Å². The Labute approximate surface area is 169 Å². The van der Waals surface area contributed by atoms with Crippen molar-refractivity contribution < 1.29 is 13.2 Å². The number of carbonyl (C=O) groups excluding carboxylic acids is 1. The molecule has 6 nitrogen and oxygen atoms in total. The quantitative estimate of drug-likeness (QED) is 0.724. The smallest absolute Gasteiger partial charge is 0.282 e.